The molecule has 0 spiro atoms. The van der Waals surface area contributed by atoms with E-state index in [-0.39, 0.29) is 22.9 Å². The summed E-state index contributed by atoms with van der Waals surface area (Å²) >= 11 is 0. The molecule has 3 fully saturated rings. The molecule has 0 aromatic carbocycles. The molecule has 4 aliphatic carbocycles. The number of rotatable bonds is 6. The van der Waals surface area contributed by atoms with Crippen molar-refractivity contribution in [2.24, 2.45) is 40.4 Å². The Labute approximate surface area is 204 Å². The van der Waals surface area contributed by atoms with Crippen molar-refractivity contribution in [3.8, 4) is 0 Å². The van der Waals surface area contributed by atoms with Gasteiger partial charge >= 0.3 is 12.1 Å². The Bertz CT molecular complexity index is 848. The molecular weight excluding hydrogens is 432 g/mol. The minimum Gasteiger partial charge on any atom is -0.469 e. The molecule has 0 N–H and O–H groups in total. The van der Waals surface area contributed by atoms with E-state index >= 15 is 0 Å². The molecule has 6 nitrogen and oxygen atoms in total. The van der Waals surface area contributed by atoms with Crippen LogP contribution < -0.4 is 0 Å². The number of carbonyl (C=O) groups is 3. The molecule has 4 rings (SSSR count). The van der Waals surface area contributed by atoms with E-state index in [0.29, 0.717) is 48.4 Å². The highest BCUT2D eigenvalue weighted by molar-refractivity contribution is 5.97. The van der Waals surface area contributed by atoms with Crippen LogP contribution in [0, 0.1) is 40.4 Å². The summed E-state index contributed by atoms with van der Waals surface area (Å²) in [5.41, 5.74) is 1.04. The molecule has 0 bridgehead atoms. The van der Waals surface area contributed by atoms with E-state index in [4.69, 9.17) is 14.2 Å². The third-order valence-electron chi connectivity index (χ3n) is 10.2. The Balaban J connectivity index is 1.51. The molecule has 190 valence electrons. The van der Waals surface area contributed by atoms with Gasteiger partial charge in [-0.15, -0.1) is 0 Å². The molecule has 34 heavy (non-hydrogen) atoms. The molecule has 4 aliphatic rings. The van der Waals surface area contributed by atoms with Gasteiger partial charge in [0.2, 0.25) is 0 Å². The van der Waals surface area contributed by atoms with E-state index in [0.717, 1.165) is 51.4 Å². The first kappa shape index (κ1) is 25.2. The summed E-state index contributed by atoms with van der Waals surface area (Å²) < 4.78 is 15.4. The average molecular weight is 475 g/mol. The number of carbonyl (C=O) groups excluding carboxylic acids is 3. The van der Waals surface area contributed by atoms with Crippen LogP contribution in [0.3, 0.4) is 0 Å². The standard InChI is InChI=1S/C28H42O6/c1-6-33-26(31)34-19-13-14-27(3)18(15-19)8-9-20-22-11-10-21(17(2)7-12-25(30)32-5)28(22,4)24(29)16-23(20)27/h16-22H,6-15H2,1-5H3/t17-,18-,19+,20+,21-,22+,27+,28-/m1/s1. The van der Waals surface area contributed by atoms with Crippen LogP contribution in [0.1, 0.15) is 85.5 Å². The van der Waals surface area contributed by atoms with Crippen LogP contribution in [0.4, 0.5) is 4.79 Å². The molecule has 8 atom stereocenters. The van der Waals surface area contributed by atoms with Gasteiger partial charge in [-0.3, -0.25) is 9.59 Å². The molecule has 6 heteroatoms. The fraction of sp³-hybridized carbons (Fsp3) is 0.821. The first-order valence-corrected chi connectivity index (χ1v) is 13.3. The Hall–Kier alpha value is -1.85. The topological polar surface area (TPSA) is 78.9 Å². The molecule has 0 aliphatic heterocycles. The zero-order chi connectivity index (χ0) is 24.7. The third-order valence-corrected chi connectivity index (χ3v) is 10.2. The van der Waals surface area contributed by atoms with E-state index in [2.05, 4.69) is 20.8 Å². The highest BCUT2D eigenvalue weighted by Gasteiger charge is 2.61. The van der Waals surface area contributed by atoms with Crippen molar-refractivity contribution in [3.63, 3.8) is 0 Å². The fourth-order valence-corrected chi connectivity index (χ4v) is 8.26. The second-order valence-electron chi connectivity index (χ2n) is 11.6. The van der Waals surface area contributed by atoms with Crippen LogP contribution in [0.25, 0.3) is 0 Å². The van der Waals surface area contributed by atoms with Gasteiger partial charge in [0.15, 0.2) is 5.78 Å². The second kappa shape index (κ2) is 9.66. The minimum absolute atomic E-state index is 0.00299. The highest BCUT2D eigenvalue weighted by Crippen LogP contribution is 2.65. The summed E-state index contributed by atoms with van der Waals surface area (Å²) in [5, 5.41) is 0. The lowest BCUT2D eigenvalue weighted by atomic mass is 9.48. The van der Waals surface area contributed by atoms with Gasteiger partial charge in [-0.2, -0.15) is 0 Å². The van der Waals surface area contributed by atoms with E-state index in [1.165, 1.54) is 12.7 Å². The van der Waals surface area contributed by atoms with E-state index in [1.807, 2.05) is 6.08 Å². The van der Waals surface area contributed by atoms with Crippen LogP contribution in [0.15, 0.2) is 11.6 Å². The van der Waals surface area contributed by atoms with Gasteiger partial charge in [0.25, 0.3) is 0 Å². The lowest BCUT2D eigenvalue weighted by molar-refractivity contribution is -0.141. The molecule has 0 radical (unpaired) electrons. The number of allylic oxidation sites excluding steroid dienone is 2. The number of hydrogen-bond donors (Lipinski definition) is 0. The quantitative estimate of drug-likeness (QED) is 0.448. The van der Waals surface area contributed by atoms with E-state index in [9.17, 15) is 14.4 Å². The number of esters is 1. The summed E-state index contributed by atoms with van der Waals surface area (Å²) in [7, 11) is 1.43. The number of hydrogen-bond acceptors (Lipinski definition) is 6. The summed E-state index contributed by atoms with van der Waals surface area (Å²) in [6, 6.07) is 0. The summed E-state index contributed by atoms with van der Waals surface area (Å²) in [4.78, 5) is 37.3. The summed E-state index contributed by atoms with van der Waals surface area (Å²) in [6.07, 6.45) is 9.55. The minimum atomic E-state index is -0.564. The Kier molecular flexibility index (Phi) is 7.17. The monoisotopic (exact) mass is 474 g/mol. The van der Waals surface area contributed by atoms with Gasteiger partial charge in [0, 0.05) is 11.8 Å². The zero-order valence-corrected chi connectivity index (χ0v) is 21.6. The number of ether oxygens (including phenoxy) is 3. The molecule has 0 aromatic rings. The van der Waals surface area contributed by atoms with Gasteiger partial charge in [-0.05, 0) is 99.4 Å². The first-order chi connectivity index (χ1) is 16.1. The van der Waals surface area contributed by atoms with Gasteiger partial charge in [-0.1, -0.05) is 26.3 Å². The van der Waals surface area contributed by atoms with Crippen molar-refractivity contribution in [2.75, 3.05) is 13.7 Å². The maximum Gasteiger partial charge on any atom is 0.508 e. The molecule has 0 aromatic heterocycles. The SMILES string of the molecule is CCOC(=O)O[C@H]1CC[C@]2(C)C3=CC(=O)[C@]4(C)[C@@H]([C@H](C)CCC(=O)OC)CC[C@H]4[C@@H]3CC[C@@H]2C1. The maximum absolute atomic E-state index is 13.8. The summed E-state index contributed by atoms with van der Waals surface area (Å²) in [6.45, 7) is 8.87. The van der Waals surface area contributed by atoms with Gasteiger partial charge < -0.3 is 14.2 Å². The fourth-order valence-electron chi connectivity index (χ4n) is 8.26. The van der Waals surface area contributed by atoms with E-state index in [1.54, 1.807) is 6.92 Å². The van der Waals surface area contributed by atoms with Crippen LogP contribution in [-0.4, -0.2) is 37.7 Å². The van der Waals surface area contributed by atoms with Crippen molar-refractivity contribution in [1.29, 1.82) is 0 Å². The van der Waals surface area contributed by atoms with Gasteiger partial charge in [0.1, 0.15) is 6.10 Å². The van der Waals surface area contributed by atoms with Crippen molar-refractivity contribution in [3.05, 3.63) is 11.6 Å². The molecule has 0 saturated heterocycles. The lowest BCUT2D eigenvalue weighted by Gasteiger charge is -2.56. The maximum atomic E-state index is 13.8. The normalized spacial score (nSPS) is 39.7. The molecule has 0 unspecified atom stereocenters. The van der Waals surface area contributed by atoms with Crippen molar-refractivity contribution in [2.45, 2.75) is 91.6 Å². The zero-order valence-electron chi connectivity index (χ0n) is 21.6. The van der Waals surface area contributed by atoms with Crippen LogP contribution >= 0.6 is 0 Å². The molecule has 0 heterocycles. The lowest BCUT2D eigenvalue weighted by Crippen LogP contribution is -2.52. The Morgan fingerprint density at radius 2 is 1.91 bits per heavy atom. The molecule has 3 saturated carbocycles. The highest BCUT2D eigenvalue weighted by atomic mass is 16.7. The predicted octanol–water partition coefficient (Wildman–Crippen LogP) is 5.88. The van der Waals surface area contributed by atoms with Crippen molar-refractivity contribution < 1.29 is 28.6 Å². The molecule has 0 amide bonds. The first-order valence-electron chi connectivity index (χ1n) is 13.3. The molecular formula is C28H42O6. The predicted molar refractivity (Wildman–Crippen MR) is 128 cm³/mol. The second-order valence-corrected chi connectivity index (χ2v) is 11.6. The van der Waals surface area contributed by atoms with Gasteiger partial charge in [0.05, 0.1) is 13.7 Å². The van der Waals surface area contributed by atoms with E-state index < -0.39 is 6.16 Å². The number of fused-ring (bicyclic) bond motifs is 5. The van der Waals surface area contributed by atoms with Gasteiger partial charge in [-0.25, -0.2) is 4.79 Å². The van der Waals surface area contributed by atoms with Crippen LogP contribution in [0.2, 0.25) is 0 Å². The third kappa shape index (κ3) is 4.19. The van der Waals surface area contributed by atoms with Crippen LogP contribution in [-0.2, 0) is 23.8 Å². The van der Waals surface area contributed by atoms with Crippen molar-refractivity contribution >= 4 is 17.9 Å². The smallest absolute Gasteiger partial charge is 0.469 e. The number of methoxy groups -OCH3 is 1. The van der Waals surface area contributed by atoms with Crippen molar-refractivity contribution in [1.82, 2.24) is 0 Å². The van der Waals surface area contributed by atoms with Crippen LogP contribution in [0.5, 0.6) is 0 Å². The number of ketones is 1. The summed E-state index contributed by atoms with van der Waals surface area (Å²) in [5.74, 6) is 2.03. The average Bonchev–Trinajstić information content (AvgIpc) is 3.17. The Morgan fingerprint density at radius 1 is 1.15 bits per heavy atom. The largest absolute Gasteiger partial charge is 0.508 e. The Morgan fingerprint density at radius 3 is 2.62 bits per heavy atom.